The predicted molar refractivity (Wildman–Crippen MR) is 125 cm³/mol. The van der Waals surface area contributed by atoms with Gasteiger partial charge in [-0.2, -0.15) is 0 Å². The van der Waals surface area contributed by atoms with E-state index in [2.05, 4.69) is 11.9 Å². The summed E-state index contributed by atoms with van der Waals surface area (Å²) in [5.74, 6) is -0.904. The number of nitrogens with one attached hydrogen (secondary N) is 1. The third-order valence-corrected chi connectivity index (χ3v) is 6.85. The molecule has 3 heterocycles. The van der Waals surface area contributed by atoms with E-state index in [0.717, 1.165) is 22.1 Å². The lowest BCUT2D eigenvalue weighted by Crippen LogP contribution is -2.36. The number of carbonyl (C=O) groups is 1. The number of methoxy groups -OCH3 is 1. The average molecular weight is 454 g/mol. The highest BCUT2D eigenvalue weighted by atomic mass is 32.1. The molecule has 0 saturated carbocycles. The molecule has 0 atom stereocenters. The molecule has 0 aliphatic heterocycles. The van der Waals surface area contributed by atoms with Gasteiger partial charge in [-0.3, -0.25) is 13.9 Å². The van der Waals surface area contributed by atoms with Crippen molar-refractivity contribution in [1.82, 2.24) is 14.1 Å². The van der Waals surface area contributed by atoms with Crippen LogP contribution in [-0.4, -0.2) is 32.3 Å². The fourth-order valence-corrected chi connectivity index (χ4v) is 5.01. The Morgan fingerprint density at radius 2 is 1.81 bits per heavy atom. The van der Waals surface area contributed by atoms with Crippen LogP contribution in [-0.2, 0) is 25.3 Å². The van der Waals surface area contributed by atoms with Crippen LogP contribution in [0.1, 0.15) is 27.7 Å². The molecule has 0 bridgehead atoms. The maximum atomic E-state index is 13.2. The lowest BCUT2D eigenvalue weighted by molar-refractivity contribution is 0.0597. The number of H-pyrrole nitrogens is 1. The van der Waals surface area contributed by atoms with Gasteiger partial charge in [-0.15, -0.1) is 11.3 Å². The lowest BCUT2D eigenvalue weighted by atomic mass is 10.0. The quantitative estimate of drug-likeness (QED) is 0.461. The van der Waals surface area contributed by atoms with Crippen LogP contribution in [0.2, 0.25) is 0 Å². The first-order chi connectivity index (χ1) is 15.2. The summed E-state index contributed by atoms with van der Waals surface area (Å²) in [6.07, 6.45) is 0.877. The number of aromatic nitrogens is 3. The second-order valence-corrected chi connectivity index (χ2v) is 8.78. The number of hydrogen-bond acceptors (Lipinski definition) is 6. The first kappa shape index (κ1) is 21.6. The van der Waals surface area contributed by atoms with Gasteiger partial charge in [0.25, 0.3) is 5.56 Å². The van der Waals surface area contributed by atoms with Crippen LogP contribution >= 0.6 is 11.3 Å². The minimum Gasteiger partial charge on any atom is -0.505 e. The van der Waals surface area contributed by atoms with Gasteiger partial charge in [-0.1, -0.05) is 31.2 Å². The van der Waals surface area contributed by atoms with E-state index in [9.17, 15) is 19.5 Å². The highest BCUT2D eigenvalue weighted by molar-refractivity contribution is 7.16. The fourth-order valence-electron chi connectivity index (χ4n) is 3.92. The van der Waals surface area contributed by atoms with E-state index in [-0.39, 0.29) is 16.7 Å². The molecule has 2 N–H and O–H groups in total. The van der Waals surface area contributed by atoms with Gasteiger partial charge in [-0.25, -0.2) is 9.59 Å². The zero-order chi connectivity index (χ0) is 23.3. The Labute approximate surface area is 187 Å². The number of carbonyl (C=O) groups excluding carboxylic acids is 1. The summed E-state index contributed by atoms with van der Waals surface area (Å²) in [6, 6.07) is 7.82. The van der Waals surface area contributed by atoms with Crippen LogP contribution in [0.15, 0.2) is 33.9 Å². The highest BCUT2D eigenvalue weighted by Crippen LogP contribution is 2.47. The Morgan fingerprint density at radius 3 is 2.41 bits per heavy atom. The van der Waals surface area contributed by atoms with Crippen molar-refractivity contribution in [3.8, 4) is 27.4 Å². The van der Waals surface area contributed by atoms with Crippen LogP contribution in [0.5, 0.6) is 5.75 Å². The molecule has 0 fully saturated rings. The van der Waals surface area contributed by atoms with Gasteiger partial charge in [-0.05, 0) is 24.5 Å². The Balaban J connectivity index is 2.17. The zero-order valence-electron chi connectivity index (χ0n) is 18.4. The van der Waals surface area contributed by atoms with Crippen molar-refractivity contribution in [3.63, 3.8) is 0 Å². The molecule has 8 nitrogen and oxygen atoms in total. The van der Waals surface area contributed by atoms with Crippen molar-refractivity contribution in [2.75, 3.05) is 7.11 Å². The summed E-state index contributed by atoms with van der Waals surface area (Å²) in [5, 5.41) is 11.3. The van der Waals surface area contributed by atoms with E-state index in [4.69, 9.17) is 4.74 Å². The van der Waals surface area contributed by atoms with Crippen molar-refractivity contribution in [2.24, 2.45) is 14.1 Å². The molecule has 0 saturated heterocycles. The number of aromatic amines is 1. The predicted octanol–water partition coefficient (Wildman–Crippen LogP) is 3.32. The first-order valence-corrected chi connectivity index (χ1v) is 10.8. The summed E-state index contributed by atoms with van der Waals surface area (Å²) in [5.41, 5.74) is 2.41. The number of thiophene rings is 1. The zero-order valence-corrected chi connectivity index (χ0v) is 19.2. The topological polar surface area (TPSA) is 106 Å². The number of esters is 1. The average Bonchev–Trinajstić information content (AvgIpc) is 3.33. The molecule has 0 radical (unpaired) electrons. The van der Waals surface area contributed by atoms with Crippen LogP contribution in [0.4, 0.5) is 0 Å². The van der Waals surface area contributed by atoms with E-state index in [1.54, 1.807) is 14.0 Å². The molecular weight excluding hydrogens is 430 g/mol. The molecule has 0 unspecified atom stereocenters. The SMILES string of the molecule is CCc1ccc(-c2[nH]c3c(c2-c2sc(C)c(C(=O)OC)c2O)c(=O)n(C)c(=O)n3C)cc1. The number of aromatic hydroxyl groups is 1. The molecule has 1 aromatic carbocycles. The number of aryl methyl sites for hydroxylation is 3. The lowest BCUT2D eigenvalue weighted by Gasteiger charge is -2.06. The van der Waals surface area contributed by atoms with Gasteiger partial charge in [0, 0.05) is 24.5 Å². The molecule has 9 heteroatoms. The first-order valence-electron chi connectivity index (χ1n) is 10.0. The Kier molecular flexibility index (Phi) is 5.29. The van der Waals surface area contributed by atoms with Crippen molar-refractivity contribution < 1.29 is 14.6 Å². The molecule has 166 valence electrons. The number of rotatable bonds is 4. The maximum Gasteiger partial charge on any atom is 0.342 e. The van der Waals surface area contributed by atoms with Crippen LogP contribution in [0.3, 0.4) is 0 Å². The van der Waals surface area contributed by atoms with Gasteiger partial charge in [0.15, 0.2) is 0 Å². The van der Waals surface area contributed by atoms with Crippen molar-refractivity contribution in [2.45, 2.75) is 20.3 Å². The van der Waals surface area contributed by atoms with E-state index >= 15 is 0 Å². The molecule has 32 heavy (non-hydrogen) atoms. The second-order valence-electron chi connectivity index (χ2n) is 7.56. The Morgan fingerprint density at radius 1 is 1.16 bits per heavy atom. The van der Waals surface area contributed by atoms with Crippen LogP contribution in [0, 0.1) is 6.92 Å². The normalized spacial score (nSPS) is 11.3. The van der Waals surface area contributed by atoms with Crippen molar-refractivity contribution >= 4 is 28.3 Å². The van der Waals surface area contributed by atoms with Gasteiger partial charge in [0.1, 0.15) is 17.0 Å². The Bertz CT molecular complexity index is 1490. The smallest absolute Gasteiger partial charge is 0.342 e. The summed E-state index contributed by atoms with van der Waals surface area (Å²) in [4.78, 5) is 42.1. The van der Waals surface area contributed by atoms with Crippen molar-refractivity contribution in [3.05, 3.63) is 61.1 Å². The molecule has 0 aliphatic rings. The van der Waals surface area contributed by atoms with Gasteiger partial charge < -0.3 is 14.8 Å². The molecule has 0 amide bonds. The second kappa shape index (κ2) is 7.83. The van der Waals surface area contributed by atoms with E-state index < -0.39 is 17.2 Å². The Hall–Kier alpha value is -3.59. The highest BCUT2D eigenvalue weighted by Gasteiger charge is 2.29. The molecule has 0 spiro atoms. The number of ether oxygens (including phenoxy) is 1. The number of benzene rings is 1. The number of hydrogen-bond donors (Lipinski definition) is 2. The van der Waals surface area contributed by atoms with Gasteiger partial charge in [0.05, 0.1) is 23.1 Å². The third kappa shape index (κ3) is 3.08. The van der Waals surface area contributed by atoms with E-state index in [1.807, 2.05) is 24.3 Å². The summed E-state index contributed by atoms with van der Waals surface area (Å²) >= 11 is 1.19. The van der Waals surface area contributed by atoms with Gasteiger partial charge in [0.2, 0.25) is 0 Å². The van der Waals surface area contributed by atoms with Crippen LogP contribution in [0.25, 0.3) is 32.7 Å². The third-order valence-electron chi connectivity index (χ3n) is 5.73. The van der Waals surface area contributed by atoms with E-state index in [0.29, 0.717) is 26.7 Å². The number of nitrogens with zero attached hydrogens (tertiary/aromatic N) is 2. The summed E-state index contributed by atoms with van der Waals surface area (Å²) in [6.45, 7) is 3.77. The molecule has 3 aromatic heterocycles. The molecule has 0 aliphatic carbocycles. The standard InChI is InChI=1S/C23H23N3O5S/c1-6-12-7-9-13(10-8-12)17-15(19-18(27)14(11(2)32-19)22(29)31-5)16-20(24-17)25(3)23(30)26(4)21(16)28/h7-10,24,27H,6H2,1-5H3. The molecular formula is C23H23N3O5S. The minimum absolute atomic E-state index is 0.0655. The van der Waals surface area contributed by atoms with Crippen molar-refractivity contribution in [1.29, 1.82) is 0 Å². The molecule has 4 rings (SSSR count). The minimum atomic E-state index is -0.656. The largest absolute Gasteiger partial charge is 0.505 e. The fraction of sp³-hybridized carbons (Fsp3) is 0.261. The van der Waals surface area contributed by atoms with Crippen LogP contribution < -0.4 is 11.2 Å². The van der Waals surface area contributed by atoms with Gasteiger partial charge >= 0.3 is 11.7 Å². The summed E-state index contributed by atoms with van der Waals surface area (Å²) in [7, 11) is 4.24. The molecule has 4 aromatic rings. The van der Waals surface area contributed by atoms with E-state index in [1.165, 1.54) is 30.1 Å². The summed E-state index contributed by atoms with van der Waals surface area (Å²) < 4.78 is 7.22. The monoisotopic (exact) mass is 453 g/mol. The number of fused-ring (bicyclic) bond motifs is 1. The maximum absolute atomic E-state index is 13.2.